The van der Waals surface area contributed by atoms with Crippen molar-refractivity contribution in [2.75, 3.05) is 13.1 Å². The van der Waals surface area contributed by atoms with Crippen LogP contribution in [0.25, 0.3) is 0 Å². The van der Waals surface area contributed by atoms with Gasteiger partial charge in [-0.15, -0.1) is 0 Å². The molecule has 13 heavy (non-hydrogen) atoms. The van der Waals surface area contributed by atoms with Crippen LogP contribution < -0.4 is 11.1 Å². The van der Waals surface area contributed by atoms with E-state index in [-0.39, 0.29) is 0 Å². The Morgan fingerprint density at radius 3 is 2.85 bits per heavy atom. The van der Waals surface area contributed by atoms with Gasteiger partial charge >= 0.3 is 0 Å². The zero-order valence-electron chi connectivity index (χ0n) is 9.10. The van der Waals surface area contributed by atoms with Crippen molar-refractivity contribution in [3.63, 3.8) is 0 Å². The lowest BCUT2D eigenvalue weighted by atomic mass is 9.85. The van der Waals surface area contributed by atoms with Crippen molar-refractivity contribution < 1.29 is 0 Å². The maximum Gasteiger partial charge on any atom is 0.0105 e. The fourth-order valence-electron chi connectivity index (χ4n) is 2.15. The van der Waals surface area contributed by atoms with Gasteiger partial charge in [-0.25, -0.2) is 0 Å². The number of hydrogen-bond acceptors (Lipinski definition) is 2. The van der Waals surface area contributed by atoms with Crippen molar-refractivity contribution in [2.24, 2.45) is 11.1 Å². The third-order valence-electron chi connectivity index (χ3n) is 3.39. The van der Waals surface area contributed by atoms with E-state index in [1.165, 1.54) is 32.1 Å². The van der Waals surface area contributed by atoms with E-state index in [1.54, 1.807) is 0 Å². The molecular weight excluding hydrogens is 160 g/mol. The number of hydrogen-bond donors (Lipinski definition) is 2. The maximum atomic E-state index is 6.09. The van der Waals surface area contributed by atoms with Crippen LogP contribution in [0.5, 0.6) is 0 Å². The summed E-state index contributed by atoms with van der Waals surface area (Å²) in [6.07, 6.45) is 6.38. The third-order valence-corrected chi connectivity index (χ3v) is 3.39. The van der Waals surface area contributed by atoms with Crippen LogP contribution in [0.2, 0.25) is 0 Å². The number of rotatable bonds is 5. The van der Waals surface area contributed by atoms with E-state index in [1.807, 2.05) is 0 Å². The summed E-state index contributed by atoms with van der Waals surface area (Å²) in [6, 6.07) is 0.418. The van der Waals surface area contributed by atoms with Gasteiger partial charge in [0, 0.05) is 12.6 Å². The zero-order valence-corrected chi connectivity index (χ0v) is 9.10. The first-order valence-electron chi connectivity index (χ1n) is 5.65. The molecule has 0 spiro atoms. The quantitative estimate of drug-likeness (QED) is 0.640. The standard InChI is InChI=1S/C11H24N2/c1-3-4-8-13-9-11(2)7-5-6-10(11)12/h10,13H,3-9,12H2,1-2H3. The van der Waals surface area contributed by atoms with Gasteiger partial charge < -0.3 is 11.1 Å². The van der Waals surface area contributed by atoms with Crippen molar-refractivity contribution in [1.82, 2.24) is 5.32 Å². The molecule has 0 aliphatic heterocycles. The second kappa shape index (κ2) is 4.97. The van der Waals surface area contributed by atoms with Gasteiger partial charge in [-0.1, -0.05) is 26.7 Å². The minimum Gasteiger partial charge on any atom is -0.327 e. The van der Waals surface area contributed by atoms with Crippen molar-refractivity contribution in [3.05, 3.63) is 0 Å². The molecule has 1 aliphatic carbocycles. The lowest BCUT2D eigenvalue weighted by Gasteiger charge is -2.29. The van der Waals surface area contributed by atoms with Crippen molar-refractivity contribution in [2.45, 2.75) is 52.0 Å². The Labute approximate surface area is 82.3 Å². The topological polar surface area (TPSA) is 38.0 Å². The van der Waals surface area contributed by atoms with Crippen molar-refractivity contribution in [1.29, 1.82) is 0 Å². The molecule has 0 amide bonds. The molecule has 0 aromatic carbocycles. The molecule has 0 radical (unpaired) electrons. The molecule has 0 aromatic rings. The van der Waals surface area contributed by atoms with E-state index in [0.717, 1.165) is 13.1 Å². The molecule has 1 aliphatic rings. The summed E-state index contributed by atoms with van der Waals surface area (Å²) < 4.78 is 0. The molecule has 2 atom stereocenters. The third kappa shape index (κ3) is 2.96. The molecule has 0 bridgehead atoms. The van der Waals surface area contributed by atoms with E-state index >= 15 is 0 Å². The number of unbranched alkanes of at least 4 members (excludes halogenated alkanes) is 1. The van der Waals surface area contributed by atoms with Gasteiger partial charge in [-0.05, 0) is 31.2 Å². The molecule has 0 aromatic heterocycles. The zero-order chi connectivity index (χ0) is 9.73. The molecule has 2 heteroatoms. The second-order valence-electron chi connectivity index (χ2n) is 4.68. The van der Waals surface area contributed by atoms with E-state index in [4.69, 9.17) is 5.73 Å². The van der Waals surface area contributed by atoms with Crippen LogP contribution in [0.4, 0.5) is 0 Å². The van der Waals surface area contributed by atoms with E-state index in [9.17, 15) is 0 Å². The Balaban J connectivity index is 2.18. The van der Waals surface area contributed by atoms with Crippen LogP contribution in [0.3, 0.4) is 0 Å². The smallest absolute Gasteiger partial charge is 0.0105 e. The van der Waals surface area contributed by atoms with Gasteiger partial charge in [-0.3, -0.25) is 0 Å². The summed E-state index contributed by atoms with van der Waals surface area (Å²) in [4.78, 5) is 0. The highest BCUT2D eigenvalue weighted by Gasteiger charge is 2.35. The van der Waals surface area contributed by atoms with E-state index in [2.05, 4.69) is 19.2 Å². The molecule has 1 rings (SSSR count). The van der Waals surface area contributed by atoms with E-state index < -0.39 is 0 Å². The van der Waals surface area contributed by atoms with Crippen LogP contribution in [0.15, 0.2) is 0 Å². The first kappa shape index (κ1) is 11.0. The summed E-state index contributed by atoms with van der Waals surface area (Å²) >= 11 is 0. The predicted octanol–water partition coefficient (Wildman–Crippen LogP) is 1.89. The summed E-state index contributed by atoms with van der Waals surface area (Å²) in [7, 11) is 0. The van der Waals surface area contributed by atoms with Gasteiger partial charge in [-0.2, -0.15) is 0 Å². The lowest BCUT2D eigenvalue weighted by Crippen LogP contribution is -2.42. The van der Waals surface area contributed by atoms with Gasteiger partial charge in [0.15, 0.2) is 0 Å². The largest absolute Gasteiger partial charge is 0.327 e. The number of nitrogens with one attached hydrogen (secondary N) is 1. The summed E-state index contributed by atoms with van der Waals surface area (Å²) in [5, 5.41) is 3.52. The average molecular weight is 184 g/mol. The number of nitrogens with two attached hydrogens (primary N) is 1. The van der Waals surface area contributed by atoms with Crippen LogP contribution >= 0.6 is 0 Å². The van der Waals surface area contributed by atoms with Gasteiger partial charge in [0.2, 0.25) is 0 Å². The lowest BCUT2D eigenvalue weighted by molar-refractivity contribution is 0.278. The van der Waals surface area contributed by atoms with Gasteiger partial charge in [0.05, 0.1) is 0 Å². The molecule has 3 N–H and O–H groups in total. The molecule has 0 heterocycles. The summed E-state index contributed by atoms with van der Waals surface area (Å²) in [6.45, 7) is 6.81. The van der Waals surface area contributed by atoms with Crippen LogP contribution in [0, 0.1) is 5.41 Å². The second-order valence-corrected chi connectivity index (χ2v) is 4.68. The van der Waals surface area contributed by atoms with Crippen LogP contribution in [-0.2, 0) is 0 Å². The highest BCUT2D eigenvalue weighted by molar-refractivity contribution is 4.92. The molecule has 0 saturated heterocycles. The maximum absolute atomic E-state index is 6.09. The van der Waals surface area contributed by atoms with E-state index in [0.29, 0.717) is 11.5 Å². The Morgan fingerprint density at radius 1 is 1.54 bits per heavy atom. The first-order valence-corrected chi connectivity index (χ1v) is 5.65. The average Bonchev–Trinajstić information content (AvgIpc) is 2.42. The SMILES string of the molecule is CCCCNCC1(C)CCCC1N. The first-order chi connectivity index (χ1) is 6.19. The fraction of sp³-hybridized carbons (Fsp3) is 1.00. The summed E-state index contributed by atoms with van der Waals surface area (Å²) in [5.74, 6) is 0. The fourth-order valence-corrected chi connectivity index (χ4v) is 2.15. The highest BCUT2D eigenvalue weighted by Crippen LogP contribution is 2.35. The summed E-state index contributed by atoms with van der Waals surface area (Å²) in [5.41, 5.74) is 6.46. The molecular formula is C11H24N2. The predicted molar refractivity (Wildman–Crippen MR) is 57.7 cm³/mol. The monoisotopic (exact) mass is 184 g/mol. The Morgan fingerprint density at radius 2 is 2.31 bits per heavy atom. The van der Waals surface area contributed by atoms with Gasteiger partial charge in [0.25, 0.3) is 0 Å². The molecule has 1 fully saturated rings. The Kier molecular flexibility index (Phi) is 4.20. The molecule has 78 valence electrons. The molecule has 2 nitrogen and oxygen atoms in total. The van der Waals surface area contributed by atoms with Crippen LogP contribution in [0.1, 0.15) is 46.0 Å². The van der Waals surface area contributed by atoms with Crippen molar-refractivity contribution >= 4 is 0 Å². The Hall–Kier alpha value is -0.0800. The van der Waals surface area contributed by atoms with Gasteiger partial charge in [0.1, 0.15) is 0 Å². The van der Waals surface area contributed by atoms with Crippen LogP contribution in [-0.4, -0.2) is 19.1 Å². The normalized spacial score (nSPS) is 33.9. The highest BCUT2D eigenvalue weighted by atomic mass is 14.9. The van der Waals surface area contributed by atoms with Crippen molar-refractivity contribution in [3.8, 4) is 0 Å². The molecule has 2 unspecified atom stereocenters. The molecule has 1 saturated carbocycles. The minimum atomic E-state index is 0.369. The minimum absolute atomic E-state index is 0.369. The Bertz CT molecular complexity index is 147.